The molecular weight excluding hydrogens is 302 g/mol. The van der Waals surface area contributed by atoms with Crippen molar-refractivity contribution in [2.75, 3.05) is 13.2 Å². The molecule has 0 bridgehead atoms. The summed E-state index contributed by atoms with van der Waals surface area (Å²) in [6.07, 6.45) is 10.7. The molecule has 6 nitrogen and oxygen atoms in total. The molecule has 136 valence electrons. The molecule has 0 spiro atoms. The summed E-state index contributed by atoms with van der Waals surface area (Å²) in [7, 11) is 0. The third kappa shape index (κ3) is 7.36. The molecule has 0 heterocycles. The first kappa shape index (κ1) is 20.5. The predicted octanol–water partition coefficient (Wildman–Crippen LogP) is 2.88. The molecule has 1 fully saturated rings. The fourth-order valence-electron chi connectivity index (χ4n) is 2.79. The van der Waals surface area contributed by atoms with Crippen LogP contribution in [-0.2, 0) is 4.74 Å². The van der Waals surface area contributed by atoms with Gasteiger partial charge in [0, 0.05) is 30.6 Å². The minimum Gasteiger partial charge on any atom is -0.388 e. The number of rotatable bonds is 13. The van der Waals surface area contributed by atoms with Crippen molar-refractivity contribution in [1.29, 1.82) is 10.8 Å². The summed E-state index contributed by atoms with van der Waals surface area (Å²) in [6.45, 7) is 5.40. The highest BCUT2D eigenvalue weighted by Crippen LogP contribution is 2.31. The second kappa shape index (κ2) is 11.9. The van der Waals surface area contributed by atoms with E-state index in [1.807, 2.05) is 6.92 Å². The van der Waals surface area contributed by atoms with Gasteiger partial charge in [-0.25, -0.2) is 0 Å². The van der Waals surface area contributed by atoms with Gasteiger partial charge in [-0.3, -0.25) is 10.4 Å². The van der Waals surface area contributed by atoms with Crippen molar-refractivity contribution in [3.63, 3.8) is 0 Å². The number of hydrogen-bond donors (Lipinski definition) is 4. The molecule has 24 heavy (non-hydrogen) atoms. The van der Waals surface area contributed by atoms with Crippen molar-refractivity contribution >= 4 is 18.1 Å². The maximum atomic E-state index is 8.08. The van der Waals surface area contributed by atoms with Crippen LogP contribution in [-0.4, -0.2) is 43.6 Å². The van der Waals surface area contributed by atoms with Gasteiger partial charge < -0.3 is 21.2 Å². The first-order chi connectivity index (χ1) is 11.6. The minimum absolute atomic E-state index is 0.199. The Labute approximate surface area is 146 Å². The molecular formula is C18H33N5O. The molecule has 0 aromatic rings. The number of ether oxygens (including phenoxy) is 1. The summed E-state index contributed by atoms with van der Waals surface area (Å²) < 4.78 is 5.52. The van der Waals surface area contributed by atoms with Gasteiger partial charge in [-0.2, -0.15) is 0 Å². The summed E-state index contributed by atoms with van der Waals surface area (Å²) in [5, 5.41) is 18.9. The smallest absolute Gasteiger partial charge is 0.148 e. The van der Waals surface area contributed by atoms with Crippen LogP contribution in [0.1, 0.15) is 52.4 Å². The van der Waals surface area contributed by atoms with Crippen LogP contribution in [0.2, 0.25) is 0 Å². The molecule has 1 unspecified atom stereocenters. The van der Waals surface area contributed by atoms with E-state index in [9.17, 15) is 0 Å². The highest BCUT2D eigenvalue weighted by molar-refractivity contribution is 6.42. The van der Waals surface area contributed by atoms with Gasteiger partial charge in [0.05, 0.1) is 11.9 Å². The fourth-order valence-corrected chi connectivity index (χ4v) is 2.79. The summed E-state index contributed by atoms with van der Waals surface area (Å²) in [6, 6.07) is 0.448. The standard InChI is InChI=1S/C18H33N5O/c1-3-6-18(24-4-2)23-13-17(21)15(11-20)12-22-16-9-14(10-16)7-5-8-19/h11-14,16,18,20-22H,3-10,19H2,1-2H3/b15-12+,20-11?,21-17?,23-13?. The van der Waals surface area contributed by atoms with Crippen molar-refractivity contribution in [1.82, 2.24) is 5.32 Å². The van der Waals surface area contributed by atoms with E-state index >= 15 is 0 Å². The topological polar surface area (TPSA) is 107 Å². The first-order valence-electron chi connectivity index (χ1n) is 9.04. The van der Waals surface area contributed by atoms with Crippen molar-refractivity contribution in [2.45, 2.75) is 64.6 Å². The van der Waals surface area contributed by atoms with E-state index in [-0.39, 0.29) is 11.9 Å². The lowest BCUT2D eigenvalue weighted by molar-refractivity contribution is 0.0635. The van der Waals surface area contributed by atoms with Crippen molar-refractivity contribution in [3.8, 4) is 0 Å². The van der Waals surface area contributed by atoms with Crippen LogP contribution in [0.4, 0.5) is 0 Å². The van der Waals surface area contributed by atoms with Gasteiger partial charge in [-0.15, -0.1) is 0 Å². The Morgan fingerprint density at radius 3 is 2.75 bits per heavy atom. The van der Waals surface area contributed by atoms with Gasteiger partial charge in [-0.1, -0.05) is 13.3 Å². The van der Waals surface area contributed by atoms with Crippen molar-refractivity contribution in [2.24, 2.45) is 16.6 Å². The number of allylic oxidation sites excluding steroid dienone is 1. The van der Waals surface area contributed by atoms with E-state index in [0.717, 1.165) is 44.6 Å². The van der Waals surface area contributed by atoms with Crippen LogP contribution in [0.3, 0.4) is 0 Å². The minimum atomic E-state index is -0.199. The van der Waals surface area contributed by atoms with E-state index in [2.05, 4.69) is 17.2 Å². The van der Waals surface area contributed by atoms with Crippen LogP contribution in [0.25, 0.3) is 0 Å². The molecule has 0 aliphatic heterocycles. The van der Waals surface area contributed by atoms with Crippen molar-refractivity contribution in [3.05, 3.63) is 11.8 Å². The third-order valence-electron chi connectivity index (χ3n) is 4.26. The third-order valence-corrected chi connectivity index (χ3v) is 4.26. The molecule has 0 aromatic carbocycles. The van der Waals surface area contributed by atoms with Crippen LogP contribution < -0.4 is 11.1 Å². The number of nitrogens with zero attached hydrogens (tertiary/aromatic N) is 1. The lowest BCUT2D eigenvalue weighted by atomic mass is 9.77. The van der Waals surface area contributed by atoms with Gasteiger partial charge in [0.1, 0.15) is 6.23 Å². The number of aliphatic imine (C=N–C) groups is 1. The Hall–Kier alpha value is -1.53. The molecule has 1 rings (SSSR count). The molecule has 1 aliphatic rings. The highest BCUT2D eigenvalue weighted by Gasteiger charge is 2.27. The molecule has 0 radical (unpaired) electrons. The lowest BCUT2D eigenvalue weighted by Gasteiger charge is -2.35. The SMILES string of the molecule is CCCC(N=CC(=N)/C(C=N)=C/NC1CC(CCCN)C1)OCC. The summed E-state index contributed by atoms with van der Waals surface area (Å²) >= 11 is 0. The average Bonchev–Trinajstić information content (AvgIpc) is 2.54. The Morgan fingerprint density at radius 2 is 2.17 bits per heavy atom. The van der Waals surface area contributed by atoms with E-state index in [4.69, 9.17) is 21.3 Å². The fraction of sp³-hybridized carbons (Fsp3) is 0.722. The van der Waals surface area contributed by atoms with Gasteiger partial charge in [-0.05, 0) is 51.5 Å². The zero-order chi connectivity index (χ0) is 17.8. The number of nitrogens with two attached hydrogens (primary N) is 1. The van der Waals surface area contributed by atoms with E-state index < -0.39 is 0 Å². The molecule has 0 saturated heterocycles. The van der Waals surface area contributed by atoms with E-state index in [1.165, 1.54) is 18.9 Å². The summed E-state index contributed by atoms with van der Waals surface area (Å²) in [5.41, 5.74) is 6.30. The Balaban J connectivity index is 2.44. The quantitative estimate of drug-likeness (QED) is 0.389. The highest BCUT2D eigenvalue weighted by atomic mass is 16.5. The molecule has 6 heteroatoms. The predicted molar refractivity (Wildman–Crippen MR) is 101 cm³/mol. The zero-order valence-corrected chi connectivity index (χ0v) is 15.1. The second-order valence-corrected chi connectivity index (χ2v) is 6.27. The molecule has 1 aliphatic carbocycles. The largest absolute Gasteiger partial charge is 0.388 e. The van der Waals surface area contributed by atoms with E-state index in [0.29, 0.717) is 18.2 Å². The lowest BCUT2D eigenvalue weighted by Crippen LogP contribution is -2.39. The first-order valence-corrected chi connectivity index (χ1v) is 9.04. The zero-order valence-electron chi connectivity index (χ0n) is 15.1. The maximum Gasteiger partial charge on any atom is 0.148 e. The molecule has 0 amide bonds. The summed E-state index contributed by atoms with van der Waals surface area (Å²) in [4.78, 5) is 4.32. The Kier molecular flexibility index (Phi) is 10.2. The van der Waals surface area contributed by atoms with Gasteiger partial charge in [0.2, 0.25) is 0 Å². The molecule has 0 aromatic heterocycles. The van der Waals surface area contributed by atoms with Crippen LogP contribution in [0, 0.1) is 16.7 Å². The normalized spacial score (nSPS) is 22.2. The van der Waals surface area contributed by atoms with Gasteiger partial charge >= 0.3 is 0 Å². The van der Waals surface area contributed by atoms with Crippen LogP contribution in [0.5, 0.6) is 0 Å². The monoisotopic (exact) mass is 335 g/mol. The van der Waals surface area contributed by atoms with Crippen LogP contribution >= 0.6 is 0 Å². The van der Waals surface area contributed by atoms with E-state index in [1.54, 1.807) is 6.20 Å². The molecule has 1 atom stereocenters. The van der Waals surface area contributed by atoms with Gasteiger partial charge in [0.25, 0.3) is 0 Å². The van der Waals surface area contributed by atoms with Crippen LogP contribution in [0.15, 0.2) is 16.8 Å². The summed E-state index contributed by atoms with van der Waals surface area (Å²) in [5.74, 6) is 0.768. The Morgan fingerprint density at radius 1 is 1.42 bits per heavy atom. The Bertz CT molecular complexity index is 435. The second-order valence-electron chi connectivity index (χ2n) is 6.27. The van der Waals surface area contributed by atoms with Gasteiger partial charge in [0.15, 0.2) is 0 Å². The average molecular weight is 335 g/mol. The number of hydrogen-bond acceptors (Lipinski definition) is 6. The molecule has 5 N–H and O–H groups in total. The van der Waals surface area contributed by atoms with Crippen molar-refractivity contribution < 1.29 is 4.74 Å². The maximum absolute atomic E-state index is 8.08. The number of nitrogens with one attached hydrogen (secondary N) is 3. The molecule has 1 saturated carbocycles.